The normalized spacial score (nSPS) is 29.7. The maximum absolute atomic E-state index is 12.6. The number of hydrogen-bond acceptors (Lipinski definition) is 2. The zero-order chi connectivity index (χ0) is 12.5. The minimum atomic E-state index is 0.223. The van der Waals surface area contributed by atoms with E-state index in [1.54, 1.807) is 0 Å². The van der Waals surface area contributed by atoms with E-state index in [1.807, 2.05) is 12.1 Å². The van der Waals surface area contributed by atoms with Gasteiger partial charge in [-0.15, -0.1) is 0 Å². The maximum Gasteiger partial charge on any atom is 0.167 e. The number of hydrogen-bond donors (Lipinski definition) is 1. The van der Waals surface area contributed by atoms with Crippen molar-refractivity contribution < 1.29 is 4.79 Å². The van der Waals surface area contributed by atoms with Crippen molar-refractivity contribution in [3.05, 3.63) is 35.4 Å². The van der Waals surface area contributed by atoms with Gasteiger partial charge in [0.25, 0.3) is 0 Å². The van der Waals surface area contributed by atoms with Crippen molar-refractivity contribution in [3.63, 3.8) is 0 Å². The molecule has 0 aromatic heterocycles. The summed E-state index contributed by atoms with van der Waals surface area (Å²) in [6.07, 6.45) is 5.67. The van der Waals surface area contributed by atoms with Crippen molar-refractivity contribution in [2.24, 2.45) is 5.92 Å². The zero-order valence-electron chi connectivity index (χ0n) is 11.0. The number of carbonyl (C=O) groups excluding carboxylic acids is 1. The lowest BCUT2D eigenvalue weighted by atomic mass is 9.83. The van der Waals surface area contributed by atoms with E-state index in [4.69, 9.17) is 0 Å². The molecule has 2 heteroatoms. The van der Waals surface area contributed by atoms with Crippen LogP contribution in [-0.4, -0.2) is 17.9 Å². The molecule has 3 unspecified atom stereocenters. The molecular weight excluding hydrogens is 222 g/mol. The molecule has 0 radical (unpaired) electrons. The minimum absolute atomic E-state index is 0.223. The number of fused-ring (bicyclic) bond motifs is 2. The lowest BCUT2D eigenvalue weighted by molar-refractivity contribution is 0.0901. The second kappa shape index (κ2) is 4.85. The third-order valence-corrected chi connectivity index (χ3v) is 4.39. The summed E-state index contributed by atoms with van der Waals surface area (Å²) in [5, 5.41) is 3.55. The molecule has 2 fully saturated rings. The Morgan fingerprint density at radius 3 is 2.94 bits per heavy atom. The van der Waals surface area contributed by atoms with Gasteiger partial charge in [0.05, 0.1) is 0 Å². The Balaban J connectivity index is 1.77. The van der Waals surface area contributed by atoms with E-state index in [0.29, 0.717) is 17.9 Å². The highest BCUT2D eigenvalue weighted by Gasteiger charge is 2.42. The highest BCUT2D eigenvalue weighted by atomic mass is 16.1. The Labute approximate surface area is 109 Å². The summed E-state index contributed by atoms with van der Waals surface area (Å²) in [5.74, 6) is 0.577. The van der Waals surface area contributed by atoms with Gasteiger partial charge >= 0.3 is 0 Å². The van der Waals surface area contributed by atoms with E-state index in [0.717, 1.165) is 24.8 Å². The van der Waals surface area contributed by atoms with E-state index in [1.165, 1.54) is 18.4 Å². The van der Waals surface area contributed by atoms with Gasteiger partial charge < -0.3 is 5.32 Å². The van der Waals surface area contributed by atoms with Crippen molar-refractivity contribution in [3.8, 4) is 0 Å². The van der Waals surface area contributed by atoms with Crippen molar-refractivity contribution in [2.45, 2.75) is 51.1 Å². The van der Waals surface area contributed by atoms with Crippen LogP contribution >= 0.6 is 0 Å². The quantitative estimate of drug-likeness (QED) is 0.824. The summed E-state index contributed by atoms with van der Waals surface area (Å²) in [4.78, 5) is 12.6. The third kappa shape index (κ3) is 2.10. The molecule has 0 saturated carbocycles. The molecule has 2 heterocycles. The van der Waals surface area contributed by atoms with Crippen LogP contribution in [0, 0.1) is 5.92 Å². The predicted molar refractivity (Wildman–Crippen MR) is 72.8 cm³/mol. The number of Topliss-reactive ketones (excluding diaryl/α,β-unsaturated/α-hetero) is 1. The van der Waals surface area contributed by atoms with Crippen LogP contribution in [-0.2, 0) is 6.42 Å². The van der Waals surface area contributed by atoms with Crippen LogP contribution in [0.15, 0.2) is 24.3 Å². The molecule has 0 spiro atoms. The summed E-state index contributed by atoms with van der Waals surface area (Å²) < 4.78 is 0. The van der Waals surface area contributed by atoms with Crippen LogP contribution < -0.4 is 5.32 Å². The van der Waals surface area contributed by atoms with Gasteiger partial charge in [0.1, 0.15) is 0 Å². The molecule has 2 bridgehead atoms. The smallest absolute Gasteiger partial charge is 0.167 e. The van der Waals surface area contributed by atoms with E-state index in [9.17, 15) is 4.79 Å². The van der Waals surface area contributed by atoms with Crippen LogP contribution in [0.2, 0.25) is 0 Å². The first-order chi connectivity index (χ1) is 8.78. The molecule has 96 valence electrons. The number of benzene rings is 1. The van der Waals surface area contributed by atoms with E-state index < -0.39 is 0 Å². The second-order valence-electron chi connectivity index (χ2n) is 5.70. The molecular formula is C16H21NO. The van der Waals surface area contributed by atoms with Gasteiger partial charge in [-0.1, -0.05) is 31.5 Å². The van der Waals surface area contributed by atoms with Crippen molar-refractivity contribution in [1.82, 2.24) is 5.32 Å². The van der Waals surface area contributed by atoms with Gasteiger partial charge in [0, 0.05) is 23.6 Å². The Hall–Kier alpha value is -1.15. The van der Waals surface area contributed by atoms with Crippen LogP contribution in [0.4, 0.5) is 0 Å². The van der Waals surface area contributed by atoms with Crippen LogP contribution in [0.25, 0.3) is 0 Å². The number of aryl methyl sites for hydroxylation is 1. The molecule has 2 aliphatic rings. The summed E-state index contributed by atoms with van der Waals surface area (Å²) in [6.45, 7) is 2.17. The van der Waals surface area contributed by atoms with E-state index in [-0.39, 0.29) is 5.92 Å². The predicted octanol–water partition coefficient (Wildman–Crippen LogP) is 2.96. The number of nitrogens with one attached hydrogen (secondary N) is 1. The number of rotatable bonds is 4. The second-order valence-corrected chi connectivity index (χ2v) is 5.70. The van der Waals surface area contributed by atoms with Gasteiger partial charge in [-0.3, -0.25) is 4.79 Å². The lowest BCUT2D eigenvalue weighted by Crippen LogP contribution is -2.28. The Morgan fingerprint density at radius 2 is 2.28 bits per heavy atom. The Morgan fingerprint density at radius 1 is 1.39 bits per heavy atom. The van der Waals surface area contributed by atoms with Crippen molar-refractivity contribution in [1.29, 1.82) is 0 Å². The monoisotopic (exact) mass is 243 g/mol. The number of ketones is 1. The summed E-state index contributed by atoms with van der Waals surface area (Å²) in [6, 6.07) is 9.27. The van der Waals surface area contributed by atoms with E-state index in [2.05, 4.69) is 24.4 Å². The largest absolute Gasteiger partial charge is 0.310 e. The maximum atomic E-state index is 12.6. The molecule has 2 saturated heterocycles. The molecule has 1 aromatic carbocycles. The summed E-state index contributed by atoms with van der Waals surface area (Å²) in [5.41, 5.74) is 2.21. The third-order valence-electron chi connectivity index (χ3n) is 4.39. The molecule has 0 amide bonds. The highest BCUT2D eigenvalue weighted by Crippen LogP contribution is 2.35. The molecule has 1 N–H and O–H groups in total. The van der Waals surface area contributed by atoms with Crippen molar-refractivity contribution in [2.75, 3.05) is 0 Å². The Bertz CT molecular complexity index is 454. The first-order valence-electron chi connectivity index (χ1n) is 7.17. The van der Waals surface area contributed by atoms with Crippen molar-refractivity contribution >= 4 is 5.78 Å². The molecule has 0 aliphatic carbocycles. The average Bonchev–Trinajstić information content (AvgIpc) is 3.01. The molecule has 3 atom stereocenters. The fraction of sp³-hybridized carbons (Fsp3) is 0.562. The first kappa shape index (κ1) is 11.9. The van der Waals surface area contributed by atoms with Crippen LogP contribution in [0.1, 0.15) is 48.5 Å². The molecule has 18 heavy (non-hydrogen) atoms. The van der Waals surface area contributed by atoms with Gasteiger partial charge in [-0.05, 0) is 37.3 Å². The fourth-order valence-corrected chi connectivity index (χ4v) is 3.50. The van der Waals surface area contributed by atoms with Gasteiger partial charge in [-0.2, -0.15) is 0 Å². The number of carbonyl (C=O) groups is 1. The summed E-state index contributed by atoms with van der Waals surface area (Å²) >= 11 is 0. The van der Waals surface area contributed by atoms with Crippen LogP contribution in [0.3, 0.4) is 0 Å². The zero-order valence-corrected chi connectivity index (χ0v) is 11.0. The van der Waals surface area contributed by atoms with Gasteiger partial charge in [0.15, 0.2) is 5.78 Å². The average molecular weight is 243 g/mol. The SMILES string of the molecule is CCCc1cccc(C(=O)C2CC3CCC2N3)c1. The summed E-state index contributed by atoms with van der Waals surface area (Å²) in [7, 11) is 0. The lowest BCUT2D eigenvalue weighted by Gasteiger charge is -2.19. The molecule has 1 aromatic rings. The fourth-order valence-electron chi connectivity index (χ4n) is 3.50. The Kier molecular flexibility index (Phi) is 3.21. The minimum Gasteiger partial charge on any atom is -0.310 e. The van der Waals surface area contributed by atoms with Crippen LogP contribution in [0.5, 0.6) is 0 Å². The standard InChI is InChI=1S/C16H21NO/c1-2-4-11-5-3-6-12(9-11)16(18)14-10-13-7-8-15(14)17-13/h3,5-6,9,13-15,17H,2,4,7-8,10H2,1H3. The highest BCUT2D eigenvalue weighted by molar-refractivity contribution is 5.98. The van der Waals surface area contributed by atoms with Gasteiger partial charge in [-0.25, -0.2) is 0 Å². The van der Waals surface area contributed by atoms with E-state index >= 15 is 0 Å². The van der Waals surface area contributed by atoms with Gasteiger partial charge in [0.2, 0.25) is 0 Å². The molecule has 2 nitrogen and oxygen atoms in total. The first-order valence-corrected chi connectivity index (χ1v) is 7.17. The molecule has 3 rings (SSSR count). The topological polar surface area (TPSA) is 29.1 Å². The molecule has 2 aliphatic heterocycles.